The molecule has 2 fully saturated rings. The van der Waals surface area contributed by atoms with E-state index in [1.807, 2.05) is 6.92 Å². The van der Waals surface area contributed by atoms with Crippen molar-refractivity contribution in [2.45, 2.75) is 46.0 Å². The van der Waals surface area contributed by atoms with Crippen LogP contribution in [0.25, 0.3) is 0 Å². The Morgan fingerprint density at radius 2 is 1.95 bits per heavy atom. The number of carbonyl (C=O) groups is 2. The molecule has 0 aromatic rings. The van der Waals surface area contributed by atoms with Gasteiger partial charge in [0.05, 0.1) is 12.0 Å². The predicted octanol–water partition coefficient (Wildman–Crippen LogP) is 2.50. The molecule has 1 saturated heterocycles. The van der Waals surface area contributed by atoms with Crippen molar-refractivity contribution in [2.24, 2.45) is 10.8 Å². The van der Waals surface area contributed by atoms with Gasteiger partial charge in [-0.15, -0.1) is 0 Å². The summed E-state index contributed by atoms with van der Waals surface area (Å²) in [6, 6.07) is 0. The molecule has 1 unspecified atom stereocenters. The number of hydrogen-bond donors (Lipinski definition) is 1. The molecule has 108 valence electrons. The van der Waals surface area contributed by atoms with E-state index < -0.39 is 6.09 Å². The Morgan fingerprint density at radius 3 is 2.47 bits per heavy atom. The molecule has 1 aliphatic carbocycles. The molecule has 1 saturated carbocycles. The fourth-order valence-corrected chi connectivity index (χ4v) is 3.24. The topological polar surface area (TPSA) is 66.8 Å². The zero-order valence-electron chi connectivity index (χ0n) is 11.8. The highest BCUT2D eigenvalue weighted by Gasteiger charge is 2.69. The lowest BCUT2D eigenvalue weighted by atomic mass is 9.85. The van der Waals surface area contributed by atoms with E-state index in [2.05, 4.69) is 6.92 Å². The quantitative estimate of drug-likeness (QED) is 0.629. The zero-order chi connectivity index (χ0) is 14.1. The van der Waals surface area contributed by atoms with E-state index in [1.54, 1.807) is 0 Å². The van der Waals surface area contributed by atoms with Gasteiger partial charge in [-0.05, 0) is 38.0 Å². The van der Waals surface area contributed by atoms with Gasteiger partial charge in [-0.1, -0.05) is 13.3 Å². The van der Waals surface area contributed by atoms with Crippen molar-refractivity contribution in [3.05, 3.63) is 0 Å². The number of unbranched alkanes of at least 4 members (excludes halogenated alkanes) is 1. The van der Waals surface area contributed by atoms with Crippen LogP contribution in [0.3, 0.4) is 0 Å². The van der Waals surface area contributed by atoms with Crippen LogP contribution in [-0.2, 0) is 9.53 Å². The third-order valence-electron chi connectivity index (χ3n) is 4.91. The molecule has 1 heterocycles. The number of piperidine rings is 1. The molecule has 1 aliphatic heterocycles. The van der Waals surface area contributed by atoms with E-state index in [1.165, 1.54) is 4.90 Å². The fourth-order valence-electron chi connectivity index (χ4n) is 3.24. The summed E-state index contributed by atoms with van der Waals surface area (Å²) < 4.78 is 5.34. The fraction of sp³-hybridized carbons (Fsp3) is 0.857. The summed E-state index contributed by atoms with van der Waals surface area (Å²) in [6.45, 7) is 5.61. The number of hydrogen-bond acceptors (Lipinski definition) is 3. The number of carboxylic acid groups (broad SMARTS) is 1. The molecule has 1 N–H and O–H groups in total. The Labute approximate surface area is 113 Å². The largest absolute Gasteiger partial charge is 0.465 e. The first-order valence-corrected chi connectivity index (χ1v) is 7.10. The Morgan fingerprint density at radius 1 is 1.32 bits per heavy atom. The van der Waals surface area contributed by atoms with Crippen LogP contribution < -0.4 is 0 Å². The van der Waals surface area contributed by atoms with Gasteiger partial charge in [0, 0.05) is 13.1 Å². The molecule has 0 aromatic carbocycles. The molecule has 0 radical (unpaired) electrons. The number of carbonyl (C=O) groups excluding carboxylic acids is 1. The second kappa shape index (κ2) is 5.02. The first-order valence-electron chi connectivity index (χ1n) is 7.10. The smallest absolute Gasteiger partial charge is 0.407 e. The van der Waals surface area contributed by atoms with Crippen molar-refractivity contribution in [1.82, 2.24) is 4.90 Å². The summed E-state index contributed by atoms with van der Waals surface area (Å²) >= 11 is 0. The van der Waals surface area contributed by atoms with Crippen molar-refractivity contribution in [3.8, 4) is 0 Å². The van der Waals surface area contributed by atoms with Crippen LogP contribution in [0.15, 0.2) is 0 Å². The molecule has 5 nitrogen and oxygen atoms in total. The zero-order valence-corrected chi connectivity index (χ0v) is 11.8. The minimum Gasteiger partial charge on any atom is -0.465 e. The van der Waals surface area contributed by atoms with Crippen molar-refractivity contribution in [2.75, 3.05) is 19.7 Å². The number of rotatable bonds is 4. The third-order valence-corrected chi connectivity index (χ3v) is 4.91. The molecule has 0 bridgehead atoms. The van der Waals surface area contributed by atoms with E-state index in [0.717, 1.165) is 32.1 Å². The predicted molar refractivity (Wildman–Crippen MR) is 69.9 cm³/mol. The summed E-state index contributed by atoms with van der Waals surface area (Å²) in [5, 5.41) is 8.95. The molecule has 2 rings (SSSR count). The standard InChI is InChI=1S/C14H23NO4/c1-3-4-9-19-11(16)13(2)10-14(13)5-7-15(8-6-14)12(17)18/h3-10H2,1-2H3,(H,17,18). The van der Waals surface area contributed by atoms with Crippen LogP contribution in [0.5, 0.6) is 0 Å². The van der Waals surface area contributed by atoms with Gasteiger partial charge < -0.3 is 14.7 Å². The second-order valence-electron chi connectivity index (χ2n) is 6.05. The molecule has 2 aliphatic rings. The van der Waals surface area contributed by atoms with E-state index >= 15 is 0 Å². The maximum atomic E-state index is 12.1. The molecule has 1 amide bonds. The van der Waals surface area contributed by atoms with Gasteiger partial charge in [0.25, 0.3) is 0 Å². The summed E-state index contributed by atoms with van der Waals surface area (Å²) in [4.78, 5) is 24.5. The lowest BCUT2D eigenvalue weighted by molar-refractivity contribution is -0.151. The molecule has 19 heavy (non-hydrogen) atoms. The number of amides is 1. The van der Waals surface area contributed by atoms with Gasteiger partial charge >= 0.3 is 12.1 Å². The number of likely N-dealkylation sites (tertiary alicyclic amines) is 1. The maximum absolute atomic E-state index is 12.1. The summed E-state index contributed by atoms with van der Waals surface area (Å²) in [6.07, 6.45) is 3.46. The third kappa shape index (κ3) is 2.42. The molecule has 1 spiro atoms. The highest BCUT2D eigenvalue weighted by molar-refractivity contribution is 5.81. The van der Waals surface area contributed by atoms with Gasteiger partial charge in [0.15, 0.2) is 0 Å². The SMILES string of the molecule is CCCCOC(=O)C1(C)CC12CCN(C(=O)O)CC2. The number of esters is 1. The molecular weight excluding hydrogens is 246 g/mol. The summed E-state index contributed by atoms with van der Waals surface area (Å²) in [5.74, 6) is -0.0928. The van der Waals surface area contributed by atoms with Crippen LogP contribution in [0, 0.1) is 10.8 Å². The molecule has 0 aromatic heterocycles. The van der Waals surface area contributed by atoms with Crippen LogP contribution in [0.2, 0.25) is 0 Å². The Kier molecular flexibility index (Phi) is 3.74. The normalized spacial score (nSPS) is 28.2. The Balaban J connectivity index is 1.88. The van der Waals surface area contributed by atoms with Crippen LogP contribution in [0.1, 0.15) is 46.0 Å². The second-order valence-corrected chi connectivity index (χ2v) is 6.05. The monoisotopic (exact) mass is 269 g/mol. The van der Waals surface area contributed by atoms with Crippen molar-refractivity contribution < 1.29 is 19.4 Å². The number of nitrogens with zero attached hydrogens (tertiary/aromatic N) is 1. The average Bonchev–Trinajstić information content (AvgIpc) is 2.96. The minimum absolute atomic E-state index is 0.0117. The lowest BCUT2D eigenvalue weighted by Crippen LogP contribution is -2.40. The lowest BCUT2D eigenvalue weighted by Gasteiger charge is -2.32. The summed E-state index contributed by atoms with van der Waals surface area (Å²) in [7, 11) is 0. The van der Waals surface area contributed by atoms with Crippen molar-refractivity contribution >= 4 is 12.1 Å². The van der Waals surface area contributed by atoms with E-state index in [9.17, 15) is 9.59 Å². The highest BCUT2D eigenvalue weighted by atomic mass is 16.5. The van der Waals surface area contributed by atoms with Gasteiger partial charge in [-0.25, -0.2) is 4.79 Å². The van der Waals surface area contributed by atoms with E-state index in [4.69, 9.17) is 9.84 Å². The van der Waals surface area contributed by atoms with Gasteiger partial charge in [0.2, 0.25) is 0 Å². The minimum atomic E-state index is -0.859. The van der Waals surface area contributed by atoms with E-state index in [-0.39, 0.29) is 16.8 Å². The van der Waals surface area contributed by atoms with Gasteiger partial charge in [-0.3, -0.25) is 4.79 Å². The van der Waals surface area contributed by atoms with Crippen molar-refractivity contribution in [3.63, 3.8) is 0 Å². The number of ether oxygens (including phenoxy) is 1. The van der Waals surface area contributed by atoms with Crippen molar-refractivity contribution in [1.29, 1.82) is 0 Å². The average molecular weight is 269 g/mol. The van der Waals surface area contributed by atoms with Crippen LogP contribution >= 0.6 is 0 Å². The van der Waals surface area contributed by atoms with Crippen LogP contribution in [0.4, 0.5) is 4.79 Å². The Hall–Kier alpha value is -1.26. The maximum Gasteiger partial charge on any atom is 0.407 e. The molecule has 5 heteroatoms. The molecule has 1 atom stereocenters. The molecular formula is C14H23NO4. The van der Waals surface area contributed by atoms with Gasteiger partial charge in [-0.2, -0.15) is 0 Å². The Bertz CT molecular complexity index is 374. The summed E-state index contributed by atoms with van der Waals surface area (Å²) in [5.41, 5.74) is -0.395. The first kappa shape index (κ1) is 14.2. The van der Waals surface area contributed by atoms with E-state index in [0.29, 0.717) is 19.7 Å². The highest BCUT2D eigenvalue weighted by Crippen LogP contribution is 2.69. The van der Waals surface area contributed by atoms with Gasteiger partial charge in [0.1, 0.15) is 0 Å². The van der Waals surface area contributed by atoms with Crippen LogP contribution in [-0.4, -0.2) is 41.8 Å². The first-order chi connectivity index (χ1) is 8.95.